The number of carbonyl (C=O) groups is 13. The number of aliphatic hydroxyl groups is 1. The van der Waals surface area contributed by atoms with Crippen LogP contribution in [0.2, 0.25) is 5.02 Å². The van der Waals surface area contributed by atoms with Gasteiger partial charge in [-0.3, -0.25) is 62.7 Å². The van der Waals surface area contributed by atoms with Crippen molar-refractivity contribution < 1.29 is 90.8 Å². The molecule has 37 heteroatoms. The first-order valence-electron chi connectivity index (χ1n) is 34.7. The number of aromatic hydroxyl groups is 1. The average Bonchev–Trinajstić information content (AvgIpc) is 1.79. The number of amides is 13. The molecule has 1 aliphatic heterocycles. The van der Waals surface area contributed by atoms with Crippen LogP contribution in [0.1, 0.15) is 94.9 Å². The van der Waals surface area contributed by atoms with Crippen molar-refractivity contribution in [2.75, 3.05) is 26.2 Å². The highest BCUT2D eigenvalue weighted by molar-refractivity contribution is 6.30. The van der Waals surface area contributed by atoms with Gasteiger partial charge in [-0.05, 0) is 121 Å². The Bertz CT molecular complexity index is 4010. The summed E-state index contributed by atoms with van der Waals surface area (Å²) in [5.74, 6) is -12.6. The van der Waals surface area contributed by atoms with E-state index in [1.807, 2.05) is 42.5 Å². The van der Waals surface area contributed by atoms with Gasteiger partial charge in [-0.25, -0.2) is 9.59 Å². The Hall–Kier alpha value is -11.7. The van der Waals surface area contributed by atoms with Crippen molar-refractivity contribution in [3.8, 4) is 5.75 Å². The van der Waals surface area contributed by atoms with Crippen LogP contribution in [0, 0.1) is 5.92 Å². The lowest BCUT2D eigenvalue weighted by Crippen LogP contribution is -2.61. The fourth-order valence-electron chi connectivity index (χ4n) is 11.4. The molecule has 0 radical (unpaired) electrons. The van der Waals surface area contributed by atoms with Gasteiger partial charge in [-0.1, -0.05) is 98.2 Å². The lowest BCUT2D eigenvalue weighted by molar-refractivity contribution is -0.192. The molecule has 109 heavy (non-hydrogen) atoms. The molecule has 0 aliphatic carbocycles. The number of likely N-dealkylation sites (tertiary alicyclic amines) is 1. The molecule has 5 aromatic rings. The number of phenolic OH excluding ortho intramolecular Hbond substituents is 1. The molecule has 1 fully saturated rings. The molecule has 1 aliphatic rings. The number of nitrogens with zero attached hydrogens (tertiary/aromatic N) is 3. The summed E-state index contributed by atoms with van der Waals surface area (Å²) in [4.78, 5) is 185. The standard InChI is InChI=1S/C70H92ClN17O14.C2HF3O2/c1-39(2)31-52(61(94)82-51(15-9-28-77-69(73)74)68(101)88-30-10-16-58(88)67(100)79-40(3)59(72)92)83-60(93)50(14-8-29-78-70(75)102)81-63(96)54(34-43-20-25-49(91)26-21-43)86-66(99)57(38-89)87-65(98)56(36-45-11-7-27-76-37-45)85-64(97)55(33-42-18-23-48(71)24-19-42)84-62(95)53(80-41(4)90)35-44-17-22-46-12-5-6-13-47(46)32-44;3-2(4,5)1(6)7/h5-7,11-13,17-27,32,37,39-40,50-58,89,91H,8-10,14-16,28-31,33-36,38H2,1-4H3,(H2,72,92)(H,79,100)(H,80,90)(H,81,96)(H,82,94)(H,83,93)(H,84,95)(H,85,97)(H,86,99)(H,87,98)(H4,73,74,77)(H3,75,78,102);(H,6,7)/t40-,50-,51+,52+,53-,54+,55+,56-,57+,58+;/m1./s1. The van der Waals surface area contributed by atoms with Gasteiger partial charge in [0.15, 0.2) is 5.96 Å². The highest BCUT2D eigenvalue weighted by Gasteiger charge is 2.41. The summed E-state index contributed by atoms with van der Waals surface area (Å²) in [6.45, 7) is 5.15. The smallest absolute Gasteiger partial charge is 0.490 e. The van der Waals surface area contributed by atoms with Crippen LogP contribution in [0.3, 0.4) is 0 Å². The number of hydrogen-bond donors (Lipinski definition) is 17. The first-order chi connectivity index (χ1) is 51.5. The molecule has 4 aromatic carbocycles. The molecule has 13 amide bonds. The summed E-state index contributed by atoms with van der Waals surface area (Å²) in [5, 5.41) is 56.7. The maximum atomic E-state index is 14.9. The Kier molecular flexibility index (Phi) is 34.9. The molecule has 0 saturated carbocycles. The molecule has 2 heterocycles. The molecule has 0 unspecified atom stereocenters. The number of guanidine groups is 1. The number of aromatic nitrogens is 1. The Morgan fingerprint density at radius 1 is 0.587 bits per heavy atom. The number of aliphatic hydroxyl groups excluding tert-OH is 1. The van der Waals surface area contributed by atoms with Crippen molar-refractivity contribution >= 4 is 105 Å². The number of alkyl halides is 3. The number of hydrogen-bond acceptors (Lipinski definition) is 17. The molecule has 1 aromatic heterocycles. The Balaban J connectivity index is 0.00000289. The number of aliphatic imine (C=N–C) groups is 1. The summed E-state index contributed by atoms with van der Waals surface area (Å²) in [6, 6.07) is 13.5. The van der Waals surface area contributed by atoms with Gasteiger partial charge in [0.05, 0.1) is 6.61 Å². The van der Waals surface area contributed by atoms with Gasteiger partial charge in [0, 0.05) is 69.7 Å². The van der Waals surface area contributed by atoms with E-state index in [9.17, 15) is 80.9 Å². The quantitative estimate of drug-likeness (QED) is 0.0140. The second-order valence-electron chi connectivity index (χ2n) is 26.2. The number of rotatable bonds is 38. The first kappa shape index (κ1) is 87.9. The van der Waals surface area contributed by atoms with Gasteiger partial charge < -0.3 is 96.3 Å². The van der Waals surface area contributed by atoms with E-state index >= 15 is 0 Å². The maximum absolute atomic E-state index is 14.9. The molecule has 21 N–H and O–H groups in total. The van der Waals surface area contributed by atoms with Crippen molar-refractivity contribution in [2.45, 2.75) is 165 Å². The fourth-order valence-corrected chi connectivity index (χ4v) is 11.5. The minimum Gasteiger partial charge on any atom is -0.508 e. The second-order valence-corrected chi connectivity index (χ2v) is 26.6. The Morgan fingerprint density at radius 2 is 1.06 bits per heavy atom. The topological polar surface area (TPSA) is 535 Å². The average molecular weight is 1550 g/mol. The number of carboxylic acid groups (broad SMARTS) is 1. The molecule has 0 spiro atoms. The number of nitrogens with one attached hydrogen (secondary N) is 10. The predicted octanol–water partition coefficient (Wildman–Crippen LogP) is -0.0825. The number of aliphatic carboxylic acids is 1. The summed E-state index contributed by atoms with van der Waals surface area (Å²) in [7, 11) is 0. The van der Waals surface area contributed by atoms with Gasteiger partial charge in [0.2, 0.25) is 65.0 Å². The van der Waals surface area contributed by atoms with Crippen LogP contribution in [0.25, 0.3) is 10.8 Å². The number of benzene rings is 4. The van der Waals surface area contributed by atoms with Crippen LogP contribution in [0.5, 0.6) is 5.75 Å². The van der Waals surface area contributed by atoms with Gasteiger partial charge in [0.25, 0.3) is 0 Å². The van der Waals surface area contributed by atoms with E-state index in [0.29, 0.717) is 33.7 Å². The molecular weight excluding hydrogens is 1450 g/mol. The van der Waals surface area contributed by atoms with E-state index in [4.69, 9.17) is 44.4 Å². The number of primary amides is 2. The molecule has 33 nitrogen and oxygen atoms in total. The van der Waals surface area contributed by atoms with E-state index in [1.165, 1.54) is 55.4 Å². The van der Waals surface area contributed by atoms with Crippen molar-refractivity contribution in [3.63, 3.8) is 0 Å². The number of carbonyl (C=O) groups excluding carboxylic acids is 12. The zero-order valence-electron chi connectivity index (χ0n) is 60.2. The Morgan fingerprint density at radius 3 is 1.59 bits per heavy atom. The van der Waals surface area contributed by atoms with Crippen molar-refractivity contribution in [3.05, 3.63) is 143 Å². The maximum Gasteiger partial charge on any atom is 0.490 e. The molecule has 6 rings (SSSR count). The van der Waals surface area contributed by atoms with E-state index in [2.05, 4.69) is 63.1 Å². The third kappa shape index (κ3) is 30.2. The summed E-state index contributed by atoms with van der Waals surface area (Å²) in [5.41, 5.74) is 23.9. The van der Waals surface area contributed by atoms with Crippen LogP contribution >= 0.6 is 11.6 Å². The van der Waals surface area contributed by atoms with E-state index in [0.717, 1.165) is 10.8 Å². The van der Waals surface area contributed by atoms with Crippen LogP contribution in [0.4, 0.5) is 18.0 Å². The number of urea groups is 1. The minimum absolute atomic E-state index is 0.000209. The summed E-state index contributed by atoms with van der Waals surface area (Å²) in [6.07, 6.45) is -2.38. The van der Waals surface area contributed by atoms with E-state index in [-0.39, 0.29) is 101 Å². The number of halogens is 4. The van der Waals surface area contributed by atoms with Crippen LogP contribution in [-0.2, 0) is 83.2 Å². The van der Waals surface area contributed by atoms with Crippen LogP contribution < -0.4 is 76.1 Å². The largest absolute Gasteiger partial charge is 0.508 e. The normalized spacial score (nSPS) is 15.0. The lowest BCUT2D eigenvalue weighted by Gasteiger charge is -2.31. The number of nitrogens with two attached hydrogens (primary N) is 4. The number of carboxylic acids is 1. The monoisotopic (exact) mass is 1540 g/mol. The van der Waals surface area contributed by atoms with Crippen LogP contribution in [0.15, 0.2) is 121 Å². The van der Waals surface area contributed by atoms with Gasteiger partial charge in [-0.2, -0.15) is 13.2 Å². The highest BCUT2D eigenvalue weighted by Crippen LogP contribution is 2.23. The van der Waals surface area contributed by atoms with Crippen molar-refractivity contribution in [2.24, 2.45) is 33.8 Å². The highest BCUT2D eigenvalue weighted by atomic mass is 35.5. The Labute approximate surface area is 630 Å². The van der Waals surface area contributed by atoms with Gasteiger partial charge in [-0.15, -0.1) is 0 Å². The second kappa shape index (κ2) is 43.2. The van der Waals surface area contributed by atoms with Crippen molar-refractivity contribution in [1.82, 2.24) is 63.1 Å². The van der Waals surface area contributed by atoms with E-state index in [1.54, 1.807) is 50.2 Å². The molecule has 10 atom stereocenters. The van der Waals surface area contributed by atoms with Crippen LogP contribution in [-0.4, -0.2) is 201 Å². The summed E-state index contributed by atoms with van der Waals surface area (Å²) < 4.78 is 31.7. The zero-order valence-corrected chi connectivity index (χ0v) is 61.0. The fraction of sp³-hybridized carbons (Fsp3) is 0.431. The number of phenols is 1. The van der Waals surface area contributed by atoms with E-state index < -0.39 is 150 Å². The molecular formula is C72H93ClF3N17O16. The molecule has 1 saturated heterocycles. The third-order valence-corrected chi connectivity index (χ3v) is 17.2. The molecule has 0 bridgehead atoms. The molecule has 590 valence electrons. The SMILES string of the molecule is CC(=O)N[C@H](Cc1ccc2ccccc2c1)C(=O)N[C@@H](Cc1ccc(Cl)cc1)C(=O)N[C@H](Cc1cccnc1)C(=O)N[C@@H](CO)C(=O)N[C@@H](Cc1ccc(O)cc1)C(=O)N[C@H](CCCNC(N)=O)C(=O)N[C@@H](CC(C)C)C(=O)N[C@@H](CCCN=C(N)N)C(=O)N1CCC[C@H]1C(=O)N[C@H](C)C(N)=O.O=C(O)C(F)(F)F. The predicted molar refractivity (Wildman–Crippen MR) is 392 cm³/mol. The van der Waals surface area contributed by atoms with Crippen molar-refractivity contribution in [1.29, 1.82) is 0 Å². The van der Waals surface area contributed by atoms with Gasteiger partial charge >= 0.3 is 18.2 Å². The number of fused-ring (bicyclic) bond motifs is 1. The third-order valence-electron chi connectivity index (χ3n) is 16.9. The van der Waals surface area contributed by atoms with Gasteiger partial charge in [0.1, 0.15) is 66.2 Å². The number of pyridine rings is 1. The first-order valence-corrected chi connectivity index (χ1v) is 35.1. The zero-order chi connectivity index (χ0) is 80.7. The summed E-state index contributed by atoms with van der Waals surface area (Å²) >= 11 is 6.23. The minimum atomic E-state index is -5.08. The lowest BCUT2D eigenvalue weighted by atomic mass is 9.99.